The molecule has 1 unspecified atom stereocenters. The molecule has 1 aliphatic rings. The van der Waals surface area contributed by atoms with E-state index >= 15 is 0 Å². The van der Waals surface area contributed by atoms with E-state index in [0.29, 0.717) is 6.54 Å². The molecule has 2 aromatic carbocycles. The van der Waals surface area contributed by atoms with Crippen molar-refractivity contribution in [1.29, 1.82) is 0 Å². The van der Waals surface area contributed by atoms with Gasteiger partial charge in [-0.1, -0.05) is 42.5 Å². The van der Waals surface area contributed by atoms with Crippen molar-refractivity contribution in [3.8, 4) is 5.69 Å². The van der Waals surface area contributed by atoms with Gasteiger partial charge in [0.05, 0.1) is 17.7 Å². The summed E-state index contributed by atoms with van der Waals surface area (Å²) in [4.78, 5) is 17.9. The number of pyridine rings is 1. The molecule has 31 heavy (non-hydrogen) atoms. The minimum Gasteiger partial charge on any atom is -0.316 e. The van der Waals surface area contributed by atoms with E-state index in [4.69, 9.17) is 5.10 Å². The number of nitrogens with zero attached hydrogens (tertiary/aromatic N) is 4. The van der Waals surface area contributed by atoms with Gasteiger partial charge in [-0.05, 0) is 37.6 Å². The van der Waals surface area contributed by atoms with Crippen LogP contribution in [0.25, 0.3) is 16.6 Å². The third kappa shape index (κ3) is 4.51. The lowest BCUT2D eigenvalue weighted by Gasteiger charge is -2.22. The largest absolute Gasteiger partial charge is 0.350 e. The zero-order chi connectivity index (χ0) is 19.6. The van der Waals surface area contributed by atoms with Crippen LogP contribution in [-0.2, 0) is 6.54 Å². The van der Waals surface area contributed by atoms with E-state index in [1.54, 1.807) is 15.4 Å². The Labute approximate surface area is 193 Å². The first-order chi connectivity index (χ1) is 14.3. The third-order valence-corrected chi connectivity index (χ3v) is 5.58. The maximum Gasteiger partial charge on any atom is 0.350 e. The van der Waals surface area contributed by atoms with Gasteiger partial charge >= 0.3 is 5.69 Å². The van der Waals surface area contributed by atoms with Gasteiger partial charge in [0.1, 0.15) is 5.82 Å². The summed E-state index contributed by atoms with van der Waals surface area (Å²) in [6.45, 7) is 2.27. The number of fused-ring (bicyclic) bond motifs is 1. The van der Waals surface area contributed by atoms with Crippen LogP contribution < -0.4 is 11.0 Å². The van der Waals surface area contributed by atoms with Crippen molar-refractivity contribution in [1.82, 2.24) is 24.6 Å². The molecule has 5 rings (SSSR count). The van der Waals surface area contributed by atoms with Crippen LogP contribution in [0.4, 0.5) is 0 Å². The van der Waals surface area contributed by atoms with Gasteiger partial charge in [0.25, 0.3) is 0 Å². The summed E-state index contributed by atoms with van der Waals surface area (Å²) < 4.78 is 3.36. The molecule has 0 radical (unpaired) electrons. The summed E-state index contributed by atoms with van der Waals surface area (Å²) in [7, 11) is 0. The lowest BCUT2D eigenvalue weighted by atomic mass is 9.99. The van der Waals surface area contributed by atoms with Gasteiger partial charge in [-0.2, -0.15) is 5.10 Å². The highest BCUT2D eigenvalue weighted by Gasteiger charge is 2.25. The van der Waals surface area contributed by atoms with Crippen LogP contribution >= 0.6 is 24.8 Å². The second-order valence-electron chi connectivity index (χ2n) is 7.50. The first-order valence-electron chi connectivity index (χ1n) is 10.1. The van der Waals surface area contributed by atoms with Gasteiger partial charge in [-0.3, -0.25) is 4.98 Å². The highest BCUT2D eigenvalue weighted by Crippen LogP contribution is 2.23. The molecular formula is C23H25Cl2N5O. The molecule has 0 aliphatic carbocycles. The number of nitrogens with one attached hydrogen (secondary N) is 1. The topological polar surface area (TPSA) is 64.7 Å². The SMILES string of the molecule is Cl.Cl.O=c1n(Cc2cccc3cccnc23)nc(C2CCCNC2)n1-c1ccccc1. The van der Waals surface area contributed by atoms with Crippen molar-refractivity contribution >= 4 is 35.7 Å². The van der Waals surface area contributed by atoms with Crippen molar-refractivity contribution < 1.29 is 0 Å². The van der Waals surface area contributed by atoms with Crippen molar-refractivity contribution in [2.45, 2.75) is 25.3 Å². The number of aromatic nitrogens is 4. The Bertz CT molecular complexity index is 1190. The molecule has 162 valence electrons. The summed E-state index contributed by atoms with van der Waals surface area (Å²) in [5, 5.41) is 9.32. The van der Waals surface area contributed by atoms with Gasteiger partial charge in [0.15, 0.2) is 0 Å². The molecular weight excluding hydrogens is 433 g/mol. The smallest absolute Gasteiger partial charge is 0.316 e. The number of rotatable bonds is 4. The van der Waals surface area contributed by atoms with Crippen LogP contribution in [0.2, 0.25) is 0 Å². The lowest BCUT2D eigenvalue weighted by molar-refractivity contribution is 0.439. The molecule has 1 N–H and O–H groups in total. The van der Waals surface area contributed by atoms with Gasteiger partial charge in [0.2, 0.25) is 0 Å². The summed E-state index contributed by atoms with van der Waals surface area (Å²) in [6.07, 6.45) is 3.91. The first kappa shape index (κ1) is 23.0. The second kappa shape index (κ2) is 10.1. The van der Waals surface area contributed by atoms with Crippen LogP contribution in [0.3, 0.4) is 0 Å². The van der Waals surface area contributed by atoms with Crippen LogP contribution in [0, 0.1) is 0 Å². The predicted octanol–water partition coefficient (Wildman–Crippen LogP) is 3.94. The molecule has 3 heterocycles. The van der Waals surface area contributed by atoms with Gasteiger partial charge in [-0.25, -0.2) is 14.0 Å². The average molecular weight is 458 g/mol. The fourth-order valence-electron chi connectivity index (χ4n) is 4.14. The fourth-order valence-corrected chi connectivity index (χ4v) is 4.14. The summed E-state index contributed by atoms with van der Waals surface area (Å²) >= 11 is 0. The van der Waals surface area contributed by atoms with Crippen LogP contribution in [-0.4, -0.2) is 32.4 Å². The van der Waals surface area contributed by atoms with Gasteiger partial charge in [0, 0.05) is 29.6 Å². The minimum absolute atomic E-state index is 0. The molecule has 2 aromatic heterocycles. The Hall–Kier alpha value is -2.67. The maximum absolute atomic E-state index is 13.4. The first-order valence-corrected chi connectivity index (χ1v) is 10.1. The van der Waals surface area contributed by atoms with E-state index in [-0.39, 0.29) is 36.4 Å². The Morgan fingerprint density at radius 2 is 1.81 bits per heavy atom. The van der Waals surface area contributed by atoms with Crippen LogP contribution in [0.1, 0.15) is 30.1 Å². The maximum atomic E-state index is 13.4. The molecule has 4 aromatic rings. The molecule has 8 heteroatoms. The Morgan fingerprint density at radius 1 is 1.00 bits per heavy atom. The van der Waals surface area contributed by atoms with Crippen molar-refractivity contribution in [3.63, 3.8) is 0 Å². The highest BCUT2D eigenvalue weighted by molar-refractivity contribution is 5.85. The summed E-state index contributed by atoms with van der Waals surface area (Å²) in [5.74, 6) is 1.06. The predicted molar refractivity (Wildman–Crippen MR) is 128 cm³/mol. The monoisotopic (exact) mass is 457 g/mol. The Morgan fingerprint density at radius 3 is 2.58 bits per heavy atom. The molecule has 0 bridgehead atoms. The zero-order valence-electron chi connectivity index (χ0n) is 17.0. The van der Waals surface area contributed by atoms with Gasteiger partial charge < -0.3 is 5.32 Å². The molecule has 0 spiro atoms. The number of halogens is 2. The summed E-state index contributed by atoms with van der Waals surface area (Å²) in [5.41, 5.74) is 2.67. The third-order valence-electron chi connectivity index (χ3n) is 5.58. The van der Waals surface area contributed by atoms with Crippen LogP contribution in [0.15, 0.2) is 71.7 Å². The number of benzene rings is 2. The lowest BCUT2D eigenvalue weighted by Crippen LogP contribution is -2.31. The van der Waals surface area contributed by atoms with E-state index in [1.807, 2.05) is 60.7 Å². The molecule has 0 amide bonds. The Kier molecular flexibility index (Phi) is 7.49. The van der Waals surface area contributed by atoms with Gasteiger partial charge in [-0.15, -0.1) is 24.8 Å². The van der Waals surface area contributed by atoms with E-state index in [1.165, 1.54) is 0 Å². The summed E-state index contributed by atoms with van der Waals surface area (Å²) in [6, 6.07) is 19.8. The Balaban J connectivity index is 0.00000136. The molecule has 1 saturated heterocycles. The highest BCUT2D eigenvalue weighted by atomic mass is 35.5. The number of hydrogen-bond donors (Lipinski definition) is 1. The number of para-hydroxylation sites is 2. The quantitative estimate of drug-likeness (QED) is 0.503. The number of piperidine rings is 1. The van der Waals surface area contributed by atoms with E-state index in [9.17, 15) is 4.79 Å². The molecule has 1 aliphatic heterocycles. The van der Waals surface area contributed by atoms with Crippen molar-refractivity contribution in [2.24, 2.45) is 0 Å². The molecule has 6 nitrogen and oxygen atoms in total. The molecule has 0 saturated carbocycles. The van der Waals surface area contributed by atoms with Crippen molar-refractivity contribution in [2.75, 3.05) is 13.1 Å². The van der Waals surface area contributed by atoms with Crippen LogP contribution in [0.5, 0.6) is 0 Å². The fraction of sp³-hybridized carbons (Fsp3) is 0.261. The van der Waals surface area contributed by atoms with E-state index in [2.05, 4.69) is 10.3 Å². The second-order valence-corrected chi connectivity index (χ2v) is 7.50. The molecule has 1 fully saturated rings. The standard InChI is InChI=1S/C23H23N5O.2ClH/c29-23-27(16-19-8-4-7-17-9-6-14-25-21(17)19)26-22(18-10-5-13-24-15-18)28(23)20-11-2-1-3-12-20;;/h1-4,6-9,11-12,14,18,24H,5,10,13,15-16H2;2*1H. The number of hydrogen-bond acceptors (Lipinski definition) is 4. The van der Waals surface area contributed by atoms with E-state index < -0.39 is 0 Å². The minimum atomic E-state index is -0.107. The van der Waals surface area contributed by atoms with Crippen molar-refractivity contribution in [3.05, 3.63) is 88.7 Å². The average Bonchev–Trinajstić information content (AvgIpc) is 3.11. The molecule has 1 atom stereocenters. The van der Waals surface area contributed by atoms with E-state index in [0.717, 1.165) is 53.9 Å². The normalized spacial score (nSPS) is 15.8. The zero-order valence-corrected chi connectivity index (χ0v) is 18.6.